The van der Waals surface area contributed by atoms with Crippen molar-refractivity contribution in [3.05, 3.63) is 65.7 Å². The largest absolute Gasteiger partial charge is 0.491 e. The van der Waals surface area contributed by atoms with Gasteiger partial charge in [-0.05, 0) is 50.4 Å². The minimum Gasteiger partial charge on any atom is -0.491 e. The normalized spacial score (nSPS) is 19.9. The van der Waals surface area contributed by atoms with E-state index in [9.17, 15) is 5.11 Å². The number of piperidine rings is 1. The van der Waals surface area contributed by atoms with Crippen molar-refractivity contribution >= 4 is 0 Å². The summed E-state index contributed by atoms with van der Waals surface area (Å²) in [6.07, 6.45) is 5.70. The minimum absolute atomic E-state index is 0.113. The third-order valence-corrected chi connectivity index (χ3v) is 6.02. The smallest absolute Gasteiger partial charge is 0.123 e. The van der Waals surface area contributed by atoms with Crippen molar-refractivity contribution in [1.29, 1.82) is 0 Å². The van der Waals surface area contributed by atoms with Gasteiger partial charge in [0.15, 0.2) is 0 Å². The van der Waals surface area contributed by atoms with E-state index < -0.39 is 6.10 Å². The number of aliphatic hydroxyl groups is 1. The summed E-state index contributed by atoms with van der Waals surface area (Å²) in [7, 11) is 0. The first-order valence-corrected chi connectivity index (χ1v) is 10.7. The maximum atomic E-state index is 10.4. The molecule has 0 amide bonds. The molecule has 0 bridgehead atoms. The zero-order valence-corrected chi connectivity index (χ0v) is 16.6. The fourth-order valence-electron chi connectivity index (χ4n) is 4.18. The van der Waals surface area contributed by atoms with Crippen LogP contribution in [-0.2, 0) is 12.1 Å². The minimum atomic E-state index is -0.446. The summed E-state index contributed by atoms with van der Waals surface area (Å²) in [5.74, 6) is 0.872. The average Bonchev–Trinajstić information content (AvgIpc) is 3.54. The fraction of sp³-hybridized carbons (Fsp3) is 0.500. The van der Waals surface area contributed by atoms with Gasteiger partial charge in [-0.25, -0.2) is 0 Å². The molecule has 1 saturated heterocycles. The first-order valence-electron chi connectivity index (χ1n) is 10.7. The molecule has 0 spiro atoms. The molecule has 150 valence electrons. The van der Waals surface area contributed by atoms with Gasteiger partial charge in [-0.15, -0.1) is 0 Å². The van der Waals surface area contributed by atoms with Crippen LogP contribution in [0.5, 0.6) is 5.75 Å². The highest BCUT2D eigenvalue weighted by molar-refractivity contribution is 5.35. The average molecular weight is 381 g/mol. The molecule has 1 aliphatic carbocycles. The quantitative estimate of drug-likeness (QED) is 0.696. The van der Waals surface area contributed by atoms with Gasteiger partial charge in [-0.2, -0.15) is 0 Å². The van der Waals surface area contributed by atoms with Crippen LogP contribution in [0.1, 0.15) is 43.2 Å². The van der Waals surface area contributed by atoms with Crippen molar-refractivity contribution in [3.8, 4) is 5.75 Å². The molecule has 0 unspecified atom stereocenters. The first kappa shape index (κ1) is 19.4. The van der Waals surface area contributed by atoms with Crippen LogP contribution in [-0.4, -0.2) is 42.4 Å². The lowest BCUT2D eigenvalue weighted by Crippen LogP contribution is -2.38. The summed E-state index contributed by atoms with van der Waals surface area (Å²) >= 11 is 0. The summed E-state index contributed by atoms with van der Waals surface area (Å²) in [5.41, 5.74) is 2.63. The van der Waals surface area contributed by atoms with E-state index in [0.717, 1.165) is 30.9 Å². The second-order valence-electron chi connectivity index (χ2n) is 8.24. The molecule has 1 atom stereocenters. The number of para-hydroxylation sites is 1. The van der Waals surface area contributed by atoms with Gasteiger partial charge in [-0.3, -0.25) is 0 Å². The van der Waals surface area contributed by atoms with Crippen molar-refractivity contribution in [2.24, 2.45) is 0 Å². The Hall–Kier alpha value is -1.88. The molecule has 2 aromatic carbocycles. The zero-order valence-electron chi connectivity index (χ0n) is 16.6. The molecule has 2 aliphatic rings. The zero-order chi connectivity index (χ0) is 19.2. The first-order chi connectivity index (χ1) is 13.8. The number of hydrogen-bond acceptors (Lipinski definition) is 4. The van der Waals surface area contributed by atoms with Gasteiger partial charge in [0.1, 0.15) is 18.5 Å². The summed E-state index contributed by atoms with van der Waals surface area (Å²) in [5, 5.41) is 14.1. The molecule has 1 heterocycles. The van der Waals surface area contributed by atoms with E-state index in [1.807, 2.05) is 12.1 Å². The third-order valence-electron chi connectivity index (χ3n) is 6.02. The topological polar surface area (TPSA) is 44.7 Å². The van der Waals surface area contributed by atoms with Gasteiger partial charge in [0.05, 0.1) is 0 Å². The second kappa shape index (κ2) is 9.08. The summed E-state index contributed by atoms with van der Waals surface area (Å²) in [6.45, 7) is 4.01. The Labute approximate surface area is 168 Å². The van der Waals surface area contributed by atoms with Crippen LogP contribution in [0.2, 0.25) is 0 Å². The van der Waals surface area contributed by atoms with Crippen LogP contribution in [0.4, 0.5) is 0 Å². The second-order valence-corrected chi connectivity index (χ2v) is 8.24. The standard InChI is InChI=1S/C24H32N2O2/c27-22(18-26-15-7-2-8-16-26)19-28-23-12-6-5-9-20(23)17-25-24(13-14-24)21-10-3-1-4-11-21/h1,3-6,9-12,22,25,27H,2,7-8,13-19H2/t22-/m0/s1. The summed E-state index contributed by atoms with van der Waals surface area (Å²) in [4.78, 5) is 2.35. The molecule has 2 N–H and O–H groups in total. The molecule has 1 saturated carbocycles. The number of hydrogen-bond donors (Lipinski definition) is 2. The van der Waals surface area contributed by atoms with Crippen LogP contribution in [0.15, 0.2) is 54.6 Å². The number of aliphatic hydroxyl groups excluding tert-OH is 1. The highest BCUT2D eigenvalue weighted by atomic mass is 16.5. The van der Waals surface area contributed by atoms with Crippen molar-refractivity contribution < 1.29 is 9.84 Å². The lowest BCUT2D eigenvalue weighted by atomic mass is 10.0. The van der Waals surface area contributed by atoms with Crippen LogP contribution in [0.3, 0.4) is 0 Å². The SMILES string of the molecule is O[C@H](COc1ccccc1CNC1(c2ccccc2)CC1)CN1CCCCC1. The van der Waals surface area contributed by atoms with E-state index in [1.165, 1.54) is 37.7 Å². The predicted molar refractivity (Wildman–Crippen MR) is 112 cm³/mol. The molecule has 1 aliphatic heterocycles. The van der Waals surface area contributed by atoms with Crippen LogP contribution in [0, 0.1) is 0 Å². The molecule has 28 heavy (non-hydrogen) atoms. The number of β-amino-alcohol motifs (C(OH)–C–C–N with tert-alkyl or cyclic N) is 1. The predicted octanol–water partition coefficient (Wildman–Crippen LogP) is 3.69. The Bertz CT molecular complexity index is 739. The van der Waals surface area contributed by atoms with E-state index >= 15 is 0 Å². The van der Waals surface area contributed by atoms with E-state index in [-0.39, 0.29) is 5.54 Å². The van der Waals surface area contributed by atoms with Crippen molar-refractivity contribution in [2.75, 3.05) is 26.2 Å². The highest BCUT2D eigenvalue weighted by Crippen LogP contribution is 2.45. The number of nitrogens with zero attached hydrogens (tertiary/aromatic N) is 1. The molecule has 0 radical (unpaired) electrons. The van der Waals surface area contributed by atoms with Crippen molar-refractivity contribution in [1.82, 2.24) is 10.2 Å². The van der Waals surface area contributed by atoms with Crippen LogP contribution in [0.25, 0.3) is 0 Å². The number of rotatable bonds is 9. The summed E-state index contributed by atoms with van der Waals surface area (Å²) in [6, 6.07) is 18.9. The van der Waals surface area contributed by atoms with Gasteiger partial charge in [0, 0.05) is 24.2 Å². The van der Waals surface area contributed by atoms with Gasteiger partial charge < -0.3 is 20.1 Å². The number of nitrogens with one attached hydrogen (secondary N) is 1. The number of benzene rings is 2. The summed E-state index contributed by atoms with van der Waals surface area (Å²) < 4.78 is 6.02. The Kier molecular flexibility index (Phi) is 6.30. The van der Waals surface area contributed by atoms with Gasteiger partial charge >= 0.3 is 0 Å². The van der Waals surface area contributed by atoms with Gasteiger partial charge in [0.25, 0.3) is 0 Å². The van der Waals surface area contributed by atoms with E-state index in [2.05, 4.69) is 52.7 Å². The molecular formula is C24H32N2O2. The maximum absolute atomic E-state index is 10.4. The monoisotopic (exact) mass is 380 g/mol. The number of likely N-dealkylation sites (tertiary alicyclic amines) is 1. The van der Waals surface area contributed by atoms with Crippen molar-refractivity contribution in [3.63, 3.8) is 0 Å². The molecule has 2 fully saturated rings. The fourth-order valence-corrected chi connectivity index (χ4v) is 4.18. The Morgan fingerprint density at radius 3 is 2.43 bits per heavy atom. The van der Waals surface area contributed by atoms with Gasteiger partial charge in [0.2, 0.25) is 0 Å². The van der Waals surface area contributed by atoms with E-state index in [4.69, 9.17) is 4.74 Å². The molecule has 4 heteroatoms. The van der Waals surface area contributed by atoms with Crippen LogP contribution >= 0.6 is 0 Å². The highest BCUT2D eigenvalue weighted by Gasteiger charge is 2.43. The Balaban J connectivity index is 1.31. The van der Waals surface area contributed by atoms with Crippen LogP contribution < -0.4 is 10.1 Å². The van der Waals surface area contributed by atoms with Crippen molar-refractivity contribution in [2.45, 2.75) is 50.3 Å². The Morgan fingerprint density at radius 2 is 1.68 bits per heavy atom. The lowest BCUT2D eigenvalue weighted by molar-refractivity contribution is 0.0613. The van der Waals surface area contributed by atoms with E-state index in [0.29, 0.717) is 13.2 Å². The number of ether oxygens (including phenoxy) is 1. The third kappa shape index (κ3) is 4.93. The molecule has 2 aromatic rings. The molecule has 0 aromatic heterocycles. The van der Waals surface area contributed by atoms with Gasteiger partial charge in [-0.1, -0.05) is 55.0 Å². The maximum Gasteiger partial charge on any atom is 0.123 e. The Morgan fingerprint density at radius 1 is 0.964 bits per heavy atom. The molecule has 4 rings (SSSR count). The lowest BCUT2D eigenvalue weighted by Gasteiger charge is -2.28. The molecular weight excluding hydrogens is 348 g/mol. The van der Waals surface area contributed by atoms with E-state index in [1.54, 1.807) is 0 Å². The molecule has 4 nitrogen and oxygen atoms in total.